The minimum atomic E-state index is 0.00954. The van der Waals surface area contributed by atoms with Crippen LogP contribution in [0.2, 0.25) is 5.02 Å². The number of halogens is 1. The first-order valence-electron chi connectivity index (χ1n) is 7.82. The molecule has 22 heavy (non-hydrogen) atoms. The minimum Gasteiger partial charge on any atom is -0.382 e. The fourth-order valence-corrected chi connectivity index (χ4v) is 2.74. The third-order valence-electron chi connectivity index (χ3n) is 3.71. The first-order valence-corrected chi connectivity index (χ1v) is 8.20. The number of para-hydroxylation sites is 1. The van der Waals surface area contributed by atoms with E-state index in [-0.39, 0.29) is 6.03 Å². The summed E-state index contributed by atoms with van der Waals surface area (Å²) >= 11 is 6.22. The second-order valence-electron chi connectivity index (χ2n) is 5.21. The number of hydrogen-bond acceptors (Lipinski definition) is 3. The molecule has 1 aliphatic rings. The maximum atomic E-state index is 12.1. The lowest BCUT2D eigenvalue weighted by Gasteiger charge is -2.36. The molecule has 0 bridgehead atoms. The van der Waals surface area contributed by atoms with Crippen molar-refractivity contribution < 1.29 is 9.53 Å². The van der Waals surface area contributed by atoms with Crippen molar-refractivity contribution in [2.24, 2.45) is 0 Å². The fourth-order valence-electron chi connectivity index (χ4n) is 2.48. The second-order valence-corrected chi connectivity index (χ2v) is 5.62. The maximum absolute atomic E-state index is 12.1. The Hall–Kier alpha value is -1.46. The summed E-state index contributed by atoms with van der Waals surface area (Å²) in [6.45, 7) is 7.06. The number of hydrogen-bond donors (Lipinski definition) is 1. The molecule has 1 fully saturated rings. The quantitative estimate of drug-likeness (QED) is 0.818. The van der Waals surface area contributed by atoms with Gasteiger partial charge in [-0.3, -0.25) is 0 Å². The van der Waals surface area contributed by atoms with Crippen molar-refractivity contribution in [2.45, 2.75) is 13.3 Å². The van der Waals surface area contributed by atoms with Gasteiger partial charge >= 0.3 is 6.03 Å². The number of benzene rings is 1. The normalized spacial score (nSPS) is 15.0. The van der Waals surface area contributed by atoms with Gasteiger partial charge in [-0.1, -0.05) is 23.7 Å². The van der Waals surface area contributed by atoms with Crippen molar-refractivity contribution in [3.8, 4) is 0 Å². The standard InChI is InChI=1S/C16H24ClN3O2/c1-2-22-13-5-8-18-16(21)20-11-9-19(10-12-20)15-7-4-3-6-14(15)17/h3-4,6-7H,2,5,8-13H2,1H3,(H,18,21). The highest BCUT2D eigenvalue weighted by Crippen LogP contribution is 2.25. The van der Waals surface area contributed by atoms with Crippen molar-refractivity contribution >= 4 is 23.3 Å². The van der Waals surface area contributed by atoms with E-state index in [9.17, 15) is 4.79 Å². The number of piperazine rings is 1. The SMILES string of the molecule is CCOCCCNC(=O)N1CCN(c2ccccc2Cl)CC1. The topological polar surface area (TPSA) is 44.8 Å². The highest BCUT2D eigenvalue weighted by Gasteiger charge is 2.21. The zero-order valence-electron chi connectivity index (χ0n) is 13.1. The molecule has 1 aromatic rings. The predicted molar refractivity (Wildman–Crippen MR) is 89.7 cm³/mol. The number of nitrogens with zero attached hydrogens (tertiary/aromatic N) is 2. The van der Waals surface area contributed by atoms with E-state index in [0.29, 0.717) is 26.2 Å². The van der Waals surface area contributed by atoms with Crippen LogP contribution in [0, 0.1) is 0 Å². The molecule has 0 unspecified atom stereocenters. The Morgan fingerprint density at radius 2 is 2.00 bits per heavy atom. The van der Waals surface area contributed by atoms with Crippen LogP contribution in [0.4, 0.5) is 10.5 Å². The third kappa shape index (κ3) is 4.78. The highest BCUT2D eigenvalue weighted by atomic mass is 35.5. The number of amides is 2. The summed E-state index contributed by atoms with van der Waals surface area (Å²) in [5, 5.41) is 3.70. The second kappa shape index (κ2) is 8.86. The number of anilines is 1. The van der Waals surface area contributed by atoms with Crippen LogP contribution < -0.4 is 10.2 Å². The molecule has 1 saturated heterocycles. The van der Waals surface area contributed by atoms with E-state index in [2.05, 4.69) is 10.2 Å². The van der Waals surface area contributed by atoms with Gasteiger partial charge in [-0.05, 0) is 25.5 Å². The highest BCUT2D eigenvalue weighted by molar-refractivity contribution is 6.33. The Morgan fingerprint density at radius 1 is 1.27 bits per heavy atom. The number of carbonyl (C=O) groups excluding carboxylic acids is 1. The van der Waals surface area contributed by atoms with Gasteiger partial charge in [0.2, 0.25) is 0 Å². The van der Waals surface area contributed by atoms with Crippen molar-refractivity contribution in [1.82, 2.24) is 10.2 Å². The van der Waals surface area contributed by atoms with Gasteiger partial charge in [0.25, 0.3) is 0 Å². The van der Waals surface area contributed by atoms with E-state index in [0.717, 1.165) is 36.8 Å². The number of rotatable bonds is 6. The average molecular weight is 326 g/mol. The molecule has 0 atom stereocenters. The van der Waals surface area contributed by atoms with Crippen LogP contribution in [0.3, 0.4) is 0 Å². The van der Waals surface area contributed by atoms with E-state index in [4.69, 9.17) is 16.3 Å². The lowest BCUT2D eigenvalue weighted by Crippen LogP contribution is -2.52. The molecule has 2 amide bonds. The zero-order valence-corrected chi connectivity index (χ0v) is 13.8. The molecule has 2 rings (SSSR count). The van der Waals surface area contributed by atoms with Crippen molar-refractivity contribution in [3.63, 3.8) is 0 Å². The molecule has 1 heterocycles. The molecule has 0 radical (unpaired) electrons. The van der Waals surface area contributed by atoms with Crippen molar-refractivity contribution in [3.05, 3.63) is 29.3 Å². The van der Waals surface area contributed by atoms with Gasteiger partial charge in [-0.15, -0.1) is 0 Å². The molecule has 0 aliphatic carbocycles. The number of nitrogens with one attached hydrogen (secondary N) is 1. The first kappa shape index (κ1) is 16.9. The van der Waals surface area contributed by atoms with E-state index in [1.54, 1.807) is 0 Å². The third-order valence-corrected chi connectivity index (χ3v) is 4.03. The Balaban J connectivity index is 1.72. The summed E-state index contributed by atoms with van der Waals surface area (Å²) in [6, 6.07) is 7.84. The molecular weight excluding hydrogens is 302 g/mol. The van der Waals surface area contributed by atoms with Crippen LogP contribution in [-0.2, 0) is 4.74 Å². The summed E-state index contributed by atoms with van der Waals surface area (Å²) < 4.78 is 5.25. The van der Waals surface area contributed by atoms with Crippen LogP contribution in [0.1, 0.15) is 13.3 Å². The van der Waals surface area contributed by atoms with Gasteiger partial charge in [-0.25, -0.2) is 4.79 Å². The van der Waals surface area contributed by atoms with E-state index in [1.807, 2.05) is 36.1 Å². The Kier molecular flexibility index (Phi) is 6.80. The van der Waals surface area contributed by atoms with Gasteiger partial charge in [0.15, 0.2) is 0 Å². The number of urea groups is 1. The molecule has 0 aromatic heterocycles. The molecule has 0 saturated carbocycles. The van der Waals surface area contributed by atoms with Crippen molar-refractivity contribution in [1.29, 1.82) is 0 Å². The first-order chi connectivity index (χ1) is 10.7. The summed E-state index contributed by atoms with van der Waals surface area (Å²) in [7, 11) is 0. The van der Waals surface area contributed by atoms with E-state index < -0.39 is 0 Å². The number of ether oxygens (including phenoxy) is 1. The Morgan fingerprint density at radius 3 is 2.68 bits per heavy atom. The summed E-state index contributed by atoms with van der Waals surface area (Å²) in [6.07, 6.45) is 0.846. The van der Waals surface area contributed by atoms with E-state index >= 15 is 0 Å². The van der Waals surface area contributed by atoms with Crippen LogP contribution in [0.25, 0.3) is 0 Å². The van der Waals surface area contributed by atoms with Crippen LogP contribution in [0.5, 0.6) is 0 Å². The van der Waals surface area contributed by atoms with Crippen molar-refractivity contribution in [2.75, 3.05) is 50.8 Å². The van der Waals surface area contributed by atoms with Gasteiger partial charge in [0.05, 0.1) is 10.7 Å². The maximum Gasteiger partial charge on any atom is 0.317 e. The van der Waals surface area contributed by atoms with Crippen LogP contribution in [0.15, 0.2) is 24.3 Å². The molecule has 122 valence electrons. The molecule has 1 aliphatic heterocycles. The van der Waals surface area contributed by atoms with Gasteiger partial charge < -0.3 is 19.9 Å². The van der Waals surface area contributed by atoms with Gasteiger partial charge in [0, 0.05) is 45.9 Å². The fraction of sp³-hybridized carbons (Fsp3) is 0.562. The number of carbonyl (C=O) groups is 1. The Labute approximate surface area is 137 Å². The molecule has 0 spiro atoms. The lowest BCUT2D eigenvalue weighted by atomic mass is 10.2. The van der Waals surface area contributed by atoms with E-state index in [1.165, 1.54) is 0 Å². The van der Waals surface area contributed by atoms with Gasteiger partial charge in [-0.2, -0.15) is 0 Å². The molecule has 5 nitrogen and oxygen atoms in total. The Bertz CT molecular complexity index is 476. The lowest BCUT2D eigenvalue weighted by molar-refractivity contribution is 0.143. The average Bonchev–Trinajstić information content (AvgIpc) is 2.55. The summed E-state index contributed by atoms with van der Waals surface area (Å²) in [4.78, 5) is 16.1. The van der Waals surface area contributed by atoms with Gasteiger partial charge in [0.1, 0.15) is 0 Å². The monoisotopic (exact) mass is 325 g/mol. The molecule has 1 N–H and O–H groups in total. The van der Waals surface area contributed by atoms with Crippen LogP contribution >= 0.6 is 11.6 Å². The van der Waals surface area contributed by atoms with Crippen LogP contribution in [-0.4, -0.2) is 56.9 Å². The largest absolute Gasteiger partial charge is 0.382 e. The molecular formula is C16H24ClN3O2. The summed E-state index contributed by atoms with van der Waals surface area (Å²) in [5.74, 6) is 0. The molecule has 1 aromatic carbocycles. The predicted octanol–water partition coefficient (Wildman–Crippen LogP) is 2.60. The minimum absolute atomic E-state index is 0.00954. The molecule has 6 heteroatoms. The zero-order chi connectivity index (χ0) is 15.8. The smallest absolute Gasteiger partial charge is 0.317 e. The summed E-state index contributed by atoms with van der Waals surface area (Å²) in [5.41, 5.74) is 1.04.